The Balaban J connectivity index is 2.53. The summed E-state index contributed by atoms with van der Waals surface area (Å²) in [7, 11) is 1.85. The molecule has 0 fully saturated rings. The third-order valence-electron chi connectivity index (χ3n) is 2.20. The van der Waals surface area contributed by atoms with Crippen LogP contribution in [0, 0.1) is 10.5 Å². The van der Waals surface area contributed by atoms with Crippen LogP contribution in [0.1, 0.15) is 5.56 Å². The van der Waals surface area contributed by atoms with E-state index in [1.165, 1.54) is 0 Å². The van der Waals surface area contributed by atoms with Gasteiger partial charge in [-0.2, -0.15) is 0 Å². The molecule has 0 spiro atoms. The first-order chi connectivity index (χ1) is 7.72. The van der Waals surface area contributed by atoms with Crippen LogP contribution >= 0.6 is 22.6 Å². The Hall–Kier alpha value is -1.24. The minimum atomic E-state index is 0.655. The van der Waals surface area contributed by atoms with Gasteiger partial charge < -0.3 is 5.32 Å². The van der Waals surface area contributed by atoms with Gasteiger partial charge in [-0.3, -0.25) is 4.98 Å². The van der Waals surface area contributed by atoms with Crippen molar-refractivity contribution in [1.29, 1.82) is 0 Å². The smallest absolute Gasteiger partial charge is 0.180 e. The maximum atomic E-state index is 4.43. The molecule has 1 N–H and O–H groups in total. The summed E-state index contributed by atoms with van der Waals surface area (Å²) < 4.78 is 0.998. The highest BCUT2D eigenvalue weighted by molar-refractivity contribution is 14.1. The van der Waals surface area contributed by atoms with Crippen molar-refractivity contribution in [3.63, 3.8) is 0 Å². The summed E-state index contributed by atoms with van der Waals surface area (Å²) in [6.07, 6.45) is 3.55. The normalized spacial score (nSPS) is 10.2. The van der Waals surface area contributed by atoms with Crippen LogP contribution in [-0.4, -0.2) is 22.0 Å². The first-order valence-electron chi connectivity index (χ1n) is 4.84. The lowest BCUT2D eigenvalue weighted by Crippen LogP contribution is -2.01. The zero-order valence-corrected chi connectivity index (χ0v) is 11.2. The zero-order chi connectivity index (χ0) is 11.5. The van der Waals surface area contributed by atoms with Crippen molar-refractivity contribution in [2.24, 2.45) is 0 Å². The number of hydrogen-bond donors (Lipinski definition) is 1. The van der Waals surface area contributed by atoms with E-state index in [-0.39, 0.29) is 0 Å². The van der Waals surface area contributed by atoms with Gasteiger partial charge in [-0.1, -0.05) is 6.07 Å². The number of halogens is 1. The minimum absolute atomic E-state index is 0.655. The molecule has 0 unspecified atom stereocenters. The molecule has 0 saturated heterocycles. The highest BCUT2D eigenvalue weighted by Gasteiger charge is 2.08. The molecule has 0 amide bonds. The summed E-state index contributed by atoms with van der Waals surface area (Å²) in [6, 6.07) is 3.91. The van der Waals surface area contributed by atoms with E-state index in [1.807, 2.05) is 26.1 Å². The Morgan fingerprint density at radius 2 is 2.12 bits per heavy atom. The van der Waals surface area contributed by atoms with Crippen LogP contribution in [0.2, 0.25) is 0 Å². The number of pyridine rings is 1. The SMILES string of the molecule is CNc1nc(-c2ncccc2C)ncc1I. The number of aromatic nitrogens is 3. The minimum Gasteiger partial charge on any atom is -0.372 e. The molecule has 0 radical (unpaired) electrons. The Morgan fingerprint density at radius 3 is 2.81 bits per heavy atom. The Bertz CT molecular complexity index is 513. The van der Waals surface area contributed by atoms with Gasteiger partial charge in [0.1, 0.15) is 11.5 Å². The number of nitrogens with zero attached hydrogens (tertiary/aromatic N) is 3. The number of aryl methyl sites for hydroxylation is 1. The summed E-state index contributed by atoms with van der Waals surface area (Å²) >= 11 is 2.20. The van der Waals surface area contributed by atoms with Crippen molar-refractivity contribution in [1.82, 2.24) is 15.0 Å². The van der Waals surface area contributed by atoms with Gasteiger partial charge >= 0.3 is 0 Å². The van der Waals surface area contributed by atoms with Crippen LogP contribution in [-0.2, 0) is 0 Å². The second kappa shape index (κ2) is 4.73. The number of nitrogens with one attached hydrogen (secondary N) is 1. The molecule has 82 valence electrons. The van der Waals surface area contributed by atoms with Crippen molar-refractivity contribution >= 4 is 28.4 Å². The Labute approximate surface area is 108 Å². The summed E-state index contributed by atoms with van der Waals surface area (Å²) in [5, 5.41) is 3.04. The third-order valence-corrected chi connectivity index (χ3v) is 2.99. The third kappa shape index (κ3) is 2.13. The molecule has 0 aliphatic carbocycles. The van der Waals surface area contributed by atoms with E-state index >= 15 is 0 Å². The van der Waals surface area contributed by atoms with Crippen LogP contribution in [0.3, 0.4) is 0 Å². The first kappa shape index (κ1) is 11.3. The lowest BCUT2D eigenvalue weighted by molar-refractivity contribution is 1.11. The summed E-state index contributed by atoms with van der Waals surface area (Å²) in [6.45, 7) is 2.00. The predicted molar refractivity (Wildman–Crippen MR) is 72.3 cm³/mol. The molecule has 0 bridgehead atoms. The lowest BCUT2D eigenvalue weighted by Gasteiger charge is -2.06. The first-order valence-corrected chi connectivity index (χ1v) is 5.92. The average molecular weight is 326 g/mol. The molecule has 16 heavy (non-hydrogen) atoms. The van der Waals surface area contributed by atoms with Crippen molar-refractivity contribution < 1.29 is 0 Å². The average Bonchev–Trinajstić information content (AvgIpc) is 2.31. The fourth-order valence-electron chi connectivity index (χ4n) is 1.38. The molecule has 2 heterocycles. The van der Waals surface area contributed by atoms with Gasteiger partial charge in [0.05, 0.1) is 3.57 Å². The van der Waals surface area contributed by atoms with E-state index in [0.29, 0.717) is 5.82 Å². The quantitative estimate of drug-likeness (QED) is 0.862. The molecule has 0 aliphatic rings. The summed E-state index contributed by atoms with van der Waals surface area (Å²) in [5.41, 5.74) is 1.90. The maximum absolute atomic E-state index is 4.43. The molecule has 0 atom stereocenters. The summed E-state index contributed by atoms with van der Waals surface area (Å²) in [5.74, 6) is 1.48. The van der Waals surface area contributed by atoms with Crippen LogP contribution in [0.5, 0.6) is 0 Å². The highest BCUT2D eigenvalue weighted by atomic mass is 127. The molecule has 5 heteroatoms. The van der Waals surface area contributed by atoms with Crippen molar-refractivity contribution in [2.75, 3.05) is 12.4 Å². The van der Waals surface area contributed by atoms with Gasteiger partial charge in [0, 0.05) is 19.4 Å². The van der Waals surface area contributed by atoms with Crippen molar-refractivity contribution in [3.8, 4) is 11.5 Å². The van der Waals surface area contributed by atoms with E-state index in [0.717, 1.165) is 20.6 Å². The topological polar surface area (TPSA) is 50.7 Å². The molecule has 2 rings (SSSR count). The predicted octanol–water partition coefficient (Wildman–Crippen LogP) is 2.49. The Morgan fingerprint density at radius 1 is 1.31 bits per heavy atom. The maximum Gasteiger partial charge on any atom is 0.180 e. The molecular formula is C11H11IN4. The van der Waals surface area contributed by atoms with E-state index in [1.54, 1.807) is 12.4 Å². The molecule has 0 saturated carbocycles. The van der Waals surface area contributed by atoms with Gasteiger partial charge in [0.15, 0.2) is 5.82 Å². The van der Waals surface area contributed by atoms with Crippen molar-refractivity contribution in [3.05, 3.63) is 33.7 Å². The van der Waals surface area contributed by atoms with Gasteiger partial charge in [0.25, 0.3) is 0 Å². The van der Waals surface area contributed by atoms with Crippen LogP contribution in [0.15, 0.2) is 24.5 Å². The van der Waals surface area contributed by atoms with Gasteiger partial charge in [0.2, 0.25) is 0 Å². The lowest BCUT2D eigenvalue weighted by atomic mass is 10.2. The van der Waals surface area contributed by atoms with Crippen LogP contribution < -0.4 is 5.32 Å². The highest BCUT2D eigenvalue weighted by Crippen LogP contribution is 2.20. The van der Waals surface area contributed by atoms with E-state index in [4.69, 9.17) is 0 Å². The van der Waals surface area contributed by atoms with Crippen LogP contribution in [0.25, 0.3) is 11.5 Å². The number of hydrogen-bond acceptors (Lipinski definition) is 4. The van der Waals surface area contributed by atoms with E-state index < -0.39 is 0 Å². The number of rotatable bonds is 2. The zero-order valence-electron chi connectivity index (χ0n) is 9.03. The second-order valence-corrected chi connectivity index (χ2v) is 4.47. The van der Waals surface area contributed by atoms with Gasteiger partial charge in [-0.05, 0) is 41.1 Å². The second-order valence-electron chi connectivity index (χ2n) is 3.31. The van der Waals surface area contributed by atoms with Gasteiger partial charge in [-0.15, -0.1) is 0 Å². The van der Waals surface area contributed by atoms with Crippen LogP contribution in [0.4, 0.5) is 5.82 Å². The standard InChI is InChI=1S/C11H11IN4/c1-7-4-3-5-14-9(7)11-15-6-8(12)10(13-2)16-11/h3-6H,1-2H3,(H,13,15,16). The van der Waals surface area contributed by atoms with Gasteiger partial charge in [-0.25, -0.2) is 9.97 Å². The molecule has 0 aromatic carbocycles. The molecule has 2 aromatic heterocycles. The van der Waals surface area contributed by atoms with Crippen molar-refractivity contribution in [2.45, 2.75) is 6.92 Å². The van der Waals surface area contributed by atoms with E-state index in [2.05, 4.69) is 42.9 Å². The van der Waals surface area contributed by atoms with E-state index in [9.17, 15) is 0 Å². The molecule has 0 aliphatic heterocycles. The summed E-state index contributed by atoms with van der Waals surface area (Å²) in [4.78, 5) is 13.0. The molecular weight excluding hydrogens is 315 g/mol. The fourth-order valence-corrected chi connectivity index (χ4v) is 1.91. The molecule has 4 nitrogen and oxygen atoms in total. The number of anilines is 1. The fraction of sp³-hybridized carbons (Fsp3) is 0.182. The Kier molecular flexibility index (Phi) is 3.33. The largest absolute Gasteiger partial charge is 0.372 e. The monoisotopic (exact) mass is 326 g/mol. The molecule has 2 aromatic rings.